The van der Waals surface area contributed by atoms with Gasteiger partial charge in [0.1, 0.15) is 0 Å². The minimum absolute atomic E-state index is 0.0729. The molecule has 4 nitrogen and oxygen atoms in total. The second-order valence-corrected chi connectivity index (χ2v) is 4.63. The van der Waals surface area contributed by atoms with Crippen molar-refractivity contribution in [3.05, 3.63) is 48.7 Å². The number of amides is 1. The molecular formula is C13H13N3OS. The standard InChI is InChI=1S/C13H13N3OS/c14-10-4-3-5-11(8-10)16-12(17)9-18-13-6-1-2-7-15-13/h1-8H,9,14H2,(H,16,17). The van der Waals surface area contributed by atoms with Gasteiger partial charge in [-0.05, 0) is 30.3 Å². The van der Waals surface area contributed by atoms with E-state index in [0.29, 0.717) is 17.1 Å². The number of thioether (sulfide) groups is 1. The summed E-state index contributed by atoms with van der Waals surface area (Å²) in [7, 11) is 0. The Bertz CT molecular complexity index is 531. The van der Waals surface area contributed by atoms with Crippen LogP contribution < -0.4 is 11.1 Å². The summed E-state index contributed by atoms with van der Waals surface area (Å²) in [6, 6.07) is 12.7. The Morgan fingerprint density at radius 2 is 2.17 bits per heavy atom. The molecule has 0 radical (unpaired) electrons. The molecule has 18 heavy (non-hydrogen) atoms. The van der Waals surface area contributed by atoms with E-state index in [2.05, 4.69) is 10.3 Å². The lowest BCUT2D eigenvalue weighted by Gasteiger charge is -2.05. The molecule has 0 aliphatic heterocycles. The van der Waals surface area contributed by atoms with Crippen molar-refractivity contribution >= 4 is 29.0 Å². The van der Waals surface area contributed by atoms with Crippen LogP contribution in [0.4, 0.5) is 11.4 Å². The van der Waals surface area contributed by atoms with Crippen LogP contribution in [-0.4, -0.2) is 16.6 Å². The summed E-state index contributed by atoms with van der Waals surface area (Å²) >= 11 is 1.40. The normalized spacial score (nSPS) is 10.0. The Labute approximate surface area is 110 Å². The first-order chi connectivity index (χ1) is 8.74. The van der Waals surface area contributed by atoms with Crippen molar-refractivity contribution in [2.24, 2.45) is 0 Å². The smallest absolute Gasteiger partial charge is 0.234 e. The summed E-state index contributed by atoms with van der Waals surface area (Å²) in [5, 5.41) is 3.62. The van der Waals surface area contributed by atoms with Crippen LogP contribution >= 0.6 is 11.8 Å². The van der Waals surface area contributed by atoms with E-state index in [-0.39, 0.29) is 5.91 Å². The number of nitrogen functional groups attached to an aromatic ring is 1. The molecule has 92 valence electrons. The number of anilines is 2. The third kappa shape index (κ3) is 3.78. The molecule has 1 aromatic carbocycles. The molecule has 0 saturated heterocycles. The lowest BCUT2D eigenvalue weighted by molar-refractivity contribution is -0.113. The molecular weight excluding hydrogens is 246 g/mol. The number of nitrogens with zero attached hydrogens (tertiary/aromatic N) is 1. The van der Waals surface area contributed by atoms with Crippen molar-refractivity contribution in [1.29, 1.82) is 0 Å². The number of aromatic nitrogens is 1. The van der Waals surface area contributed by atoms with Gasteiger partial charge in [-0.15, -0.1) is 0 Å². The molecule has 1 heterocycles. The Kier molecular flexibility index (Phi) is 4.20. The number of hydrogen-bond acceptors (Lipinski definition) is 4. The van der Waals surface area contributed by atoms with Crippen molar-refractivity contribution in [2.75, 3.05) is 16.8 Å². The van der Waals surface area contributed by atoms with E-state index in [1.165, 1.54) is 11.8 Å². The predicted octanol–water partition coefficient (Wildman–Crippen LogP) is 2.39. The van der Waals surface area contributed by atoms with Gasteiger partial charge in [-0.1, -0.05) is 23.9 Å². The Morgan fingerprint density at radius 3 is 2.89 bits per heavy atom. The number of nitrogens with one attached hydrogen (secondary N) is 1. The number of carbonyl (C=O) groups excluding carboxylic acids is 1. The summed E-state index contributed by atoms with van der Waals surface area (Å²) in [6.07, 6.45) is 1.71. The molecule has 3 N–H and O–H groups in total. The maximum Gasteiger partial charge on any atom is 0.234 e. The quantitative estimate of drug-likeness (QED) is 0.653. The Hall–Kier alpha value is -2.01. The molecule has 0 aliphatic carbocycles. The summed E-state index contributed by atoms with van der Waals surface area (Å²) in [6.45, 7) is 0. The summed E-state index contributed by atoms with van der Waals surface area (Å²) in [5.74, 6) is 0.252. The Balaban J connectivity index is 1.86. The van der Waals surface area contributed by atoms with Crippen LogP contribution in [0.1, 0.15) is 0 Å². The average molecular weight is 259 g/mol. The van der Waals surface area contributed by atoms with Gasteiger partial charge in [-0.3, -0.25) is 4.79 Å². The van der Waals surface area contributed by atoms with E-state index in [1.807, 2.05) is 18.2 Å². The number of benzene rings is 1. The van der Waals surface area contributed by atoms with Crippen LogP contribution in [0.3, 0.4) is 0 Å². The first-order valence-electron chi connectivity index (χ1n) is 5.43. The second kappa shape index (κ2) is 6.07. The highest BCUT2D eigenvalue weighted by Gasteiger charge is 2.04. The van der Waals surface area contributed by atoms with Crippen LogP contribution in [0.25, 0.3) is 0 Å². The van der Waals surface area contributed by atoms with Crippen molar-refractivity contribution in [3.8, 4) is 0 Å². The third-order valence-corrected chi connectivity index (χ3v) is 3.10. The molecule has 0 saturated carbocycles. The van der Waals surface area contributed by atoms with E-state index < -0.39 is 0 Å². The van der Waals surface area contributed by atoms with Crippen LogP contribution in [-0.2, 0) is 4.79 Å². The number of pyridine rings is 1. The number of rotatable bonds is 4. The number of carbonyl (C=O) groups is 1. The van der Waals surface area contributed by atoms with Gasteiger partial charge in [0.25, 0.3) is 0 Å². The lowest BCUT2D eigenvalue weighted by atomic mass is 10.3. The molecule has 2 rings (SSSR count). The van der Waals surface area contributed by atoms with Crippen molar-refractivity contribution < 1.29 is 4.79 Å². The monoisotopic (exact) mass is 259 g/mol. The lowest BCUT2D eigenvalue weighted by Crippen LogP contribution is -2.14. The molecule has 0 bridgehead atoms. The SMILES string of the molecule is Nc1cccc(NC(=O)CSc2ccccn2)c1. The van der Waals surface area contributed by atoms with E-state index in [4.69, 9.17) is 5.73 Å². The fourth-order valence-corrected chi connectivity index (χ4v) is 2.05. The van der Waals surface area contributed by atoms with Crippen LogP contribution in [0.5, 0.6) is 0 Å². The summed E-state index contributed by atoms with van der Waals surface area (Å²) < 4.78 is 0. The van der Waals surface area contributed by atoms with Crippen molar-refractivity contribution in [1.82, 2.24) is 4.98 Å². The third-order valence-electron chi connectivity index (χ3n) is 2.16. The molecule has 0 unspecified atom stereocenters. The number of hydrogen-bond donors (Lipinski definition) is 2. The van der Waals surface area contributed by atoms with E-state index in [1.54, 1.807) is 30.5 Å². The highest BCUT2D eigenvalue weighted by Crippen LogP contribution is 2.16. The highest BCUT2D eigenvalue weighted by atomic mass is 32.2. The van der Waals surface area contributed by atoms with Crippen LogP contribution in [0.15, 0.2) is 53.7 Å². The van der Waals surface area contributed by atoms with Gasteiger partial charge < -0.3 is 11.1 Å². The molecule has 2 aromatic rings. The minimum atomic E-state index is -0.0729. The highest BCUT2D eigenvalue weighted by molar-refractivity contribution is 7.99. The van der Waals surface area contributed by atoms with Gasteiger partial charge in [0, 0.05) is 17.6 Å². The van der Waals surface area contributed by atoms with Crippen LogP contribution in [0.2, 0.25) is 0 Å². The van der Waals surface area contributed by atoms with E-state index >= 15 is 0 Å². The molecule has 0 aliphatic rings. The topological polar surface area (TPSA) is 68.0 Å². The zero-order valence-corrected chi connectivity index (χ0v) is 10.5. The van der Waals surface area contributed by atoms with Crippen LogP contribution in [0, 0.1) is 0 Å². The second-order valence-electron chi connectivity index (χ2n) is 3.63. The fourth-order valence-electron chi connectivity index (χ4n) is 1.39. The van der Waals surface area contributed by atoms with Crippen molar-refractivity contribution in [2.45, 2.75) is 5.03 Å². The Morgan fingerprint density at radius 1 is 1.28 bits per heavy atom. The minimum Gasteiger partial charge on any atom is -0.399 e. The van der Waals surface area contributed by atoms with Gasteiger partial charge in [-0.25, -0.2) is 4.98 Å². The van der Waals surface area contributed by atoms with Gasteiger partial charge in [0.05, 0.1) is 10.8 Å². The van der Waals surface area contributed by atoms with E-state index in [0.717, 1.165) is 5.03 Å². The largest absolute Gasteiger partial charge is 0.399 e. The summed E-state index contributed by atoms with van der Waals surface area (Å²) in [4.78, 5) is 15.8. The van der Waals surface area contributed by atoms with Gasteiger partial charge >= 0.3 is 0 Å². The predicted molar refractivity (Wildman–Crippen MR) is 74.4 cm³/mol. The maximum atomic E-state index is 11.7. The van der Waals surface area contributed by atoms with Gasteiger partial charge in [-0.2, -0.15) is 0 Å². The first-order valence-corrected chi connectivity index (χ1v) is 6.42. The molecule has 0 atom stereocenters. The van der Waals surface area contributed by atoms with Gasteiger partial charge in [0.15, 0.2) is 0 Å². The first kappa shape index (κ1) is 12.4. The molecule has 0 fully saturated rings. The molecule has 1 aromatic heterocycles. The zero-order chi connectivity index (χ0) is 12.8. The number of nitrogens with two attached hydrogens (primary N) is 1. The maximum absolute atomic E-state index is 11.7. The summed E-state index contributed by atoms with van der Waals surface area (Å²) in [5.41, 5.74) is 6.97. The van der Waals surface area contributed by atoms with Crippen molar-refractivity contribution in [3.63, 3.8) is 0 Å². The zero-order valence-electron chi connectivity index (χ0n) is 9.67. The average Bonchev–Trinajstić information content (AvgIpc) is 2.38. The van der Waals surface area contributed by atoms with E-state index in [9.17, 15) is 4.79 Å². The van der Waals surface area contributed by atoms with Gasteiger partial charge in [0.2, 0.25) is 5.91 Å². The fraction of sp³-hybridized carbons (Fsp3) is 0.0769. The molecule has 1 amide bonds. The molecule has 5 heteroatoms. The molecule has 0 spiro atoms.